The molecule has 0 aliphatic rings. The second-order valence-electron chi connectivity index (χ2n) is 20.5. The van der Waals surface area contributed by atoms with Gasteiger partial charge in [-0.1, -0.05) is 257 Å². The summed E-state index contributed by atoms with van der Waals surface area (Å²) < 4.78 is 16.9. The van der Waals surface area contributed by atoms with Gasteiger partial charge in [-0.05, 0) is 135 Å². The van der Waals surface area contributed by atoms with Crippen molar-refractivity contribution < 1.29 is 28.6 Å². The van der Waals surface area contributed by atoms with Crippen molar-refractivity contribution in [3.8, 4) is 0 Å². The molecule has 0 rings (SSSR count). The average Bonchev–Trinajstić information content (AvgIpc) is 3.43. The Morgan fingerprint density at radius 1 is 0.273 bits per heavy atom. The molecule has 0 N–H and O–H groups in total. The molecule has 0 aromatic heterocycles. The van der Waals surface area contributed by atoms with Gasteiger partial charge in [0.2, 0.25) is 0 Å². The zero-order valence-corrected chi connectivity index (χ0v) is 49.9. The highest BCUT2D eigenvalue weighted by Crippen LogP contribution is 2.15. The molecule has 0 bridgehead atoms. The Morgan fingerprint density at radius 2 is 0.506 bits per heavy atom. The predicted octanol–water partition coefficient (Wildman–Crippen LogP) is 21.8. The first-order valence-corrected chi connectivity index (χ1v) is 31.7. The molecule has 77 heavy (non-hydrogen) atoms. The summed E-state index contributed by atoms with van der Waals surface area (Å²) in [4.78, 5) is 38.4. The largest absolute Gasteiger partial charge is 0.462 e. The van der Waals surface area contributed by atoms with Crippen molar-refractivity contribution in [1.29, 1.82) is 0 Å². The second kappa shape index (κ2) is 64.1. The molecule has 0 radical (unpaired) electrons. The minimum Gasteiger partial charge on any atom is -0.462 e. The first-order chi connectivity index (χ1) is 38.0. The molecule has 0 saturated heterocycles. The summed E-state index contributed by atoms with van der Waals surface area (Å²) in [5.41, 5.74) is 0. The first kappa shape index (κ1) is 72.5. The number of esters is 3. The summed E-state index contributed by atoms with van der Waals surface area (Å²) in [7, 11) is 0. The molecule has 0 aromatic carbocycles. The molecule has 0 aromatic rings. The van der Waals surface area contributed by atoms with Crippen LogP contribution in [0.5, 0.6) is 0 Å². The van der Waals surface area contributed by atoms with Gasteiger partial charge in [-0.15, -0.1) is 0 Å². The van der Waals surface area contributed by atoms with E-state index in [-0.39, 0.29) is 37.5 Å². The summed E-state index contributed by atoms with van der Waals surface area (Å²) in [5.74, 6) is -0.954. The number of hydrogen-bond donors (Lipinski definition) is 0. The molecule has 436 valence electrons. The fourth-order valence-electron chi connectivity index (χ4n) is 8.43. The van der Waals surface area contributed by atoms with Gasteiger partial charge < -0.3 is 14.2 Å². The Morgan fingerprint density at radius 3 is 0.818 bits per heavy atom. The maximum atomic E-state index is 12.9. The van der Waals surface area contributed by atoms with Crippen molar-refractivity contribution in [1.82, 2.24) is 0 Å². The minimum absolute atomic E-state index is 0.102. The zero-order chi connectivity index (χ0) is 55.7. The van der Waals surface area contributed by atoms with Crippen LogP contribution in [-0.4, -0.2) is 37.2 Å². The molecule has 0 heterocycles. The van der Waals surface area contributed by atoms with Gasteiger partial charge in [-0.3, -0.25) is 14.4 Å². The SMILES string of the molecule is CC/C=C\C/C=C\C/C=C\C/C=C\C/C=C\CCCCCCCC(=O)OCC(COC(=O)CCCCCCCCCCC/C=C\CCCCCCCC)OC(=O)CCCCC/C=C\C/C=C\C/C=C\C/C=C\C/C=C\CC. The van der Waals surface area contributed by atoms with Gasteiger partial charge in [0, 0.05) is 19.3 Å². The topological polar surface area (TPSA) is 78.9 Å². The van der Waals surface area contributed by atoms with E-state index in [1.165, 1.54) is 89.9 Å². The van der Waals surface area contributed by atoms with Crippen molar-refractivity contribution in [2.75, 3.05) is 13.2 Å². The van der Waals surface area contributed by atoms with E-state index in [1.54, 1.807) is 0 Å². The Labute approximate surface area is 475 Å². The van der Waals surface area contributed by atoms with Crippen molar-refractivity contribution in [2.24, 2.45) is 0 Å². The lowest BCUT2D eigenvalue weighted by atomic mass is 10.1. The highest BCUT2D eigenvalue weighted by Gasteiger charge is 2.19. The lowest BCUT2D eigenvalue weighted by molar-refractivity contribution is -0.167. The molecule has 6 nitrogen and oxygen atoms in total. The van der Waals surface area contributed by atoms with Crippen LogP contribution in [0.4, 0.5) is 0 Å². The summed E-state index contributed by atoms with van der Waals surface area (Å²) in [6.45, 7) is 6.37. The standard InChI is InChI=1S/C71H116O6/c1-4-7-10-13-16-19-22-25-28-31-34-35-38-40-43-46-49-52-55-58-61-64-70(73)76-67-68(77-71(74)65-62-59-56-53-50-47-44-41-37-33-30-27-24-21-18-15-12-9-6-3)66-75-69(72)63-60-57-54-51-48-45-42-39-36-32-29-26-23-20-17-14-11-8-5-2/h7,9-10,12,16,18-19,21,25-30,34-35,37,40-41,43,47,50,68H,4-6,8,11,13-15,17,20,22-24,31-33,36,38-39,42,44-46,48-49,51-67H2,1-3H3/b10-7-,12-9-,19-16-,21-18-,28-25-,29-26-,30-27-,35-34-,41-37-,43-40-,50-47-. The van der Waals surface area contributed by atoms with Crippen LogP contribution in [0.25, 0.3) is 0 Å². The molecule has 0 spiro atoms. The molecule has 0 fully saturated rings. The lowest BCUT2D eigenvalue weighted by Crippen LogP contribution is -2.30. The number of unbranched alkanes of at least 4 members (excludes halogenated alkanes) is 23. The molecule has 6 heteroatoms. The maximum absolute atomic E-state index is 12.9. The summed E-state index contributed by atoms with van der Waals surface area (Å²) in [5, 5.41) is 0. The van der Waals surface area contributed by atoms with Gasteiger partial charge >= 0.3 is 17.9 Å². The monoisotopic (exact) mass is 1060 g/mol. The Kier molecular flexibility index (Phi) is 60.4. The minimum atomic E-state index is -0.811. The van der Waals surface area contributed by atoms with E-state index in [9.17, 15) is 14.4 Å². The third kappa shape index (κ3) is 62.3. The average molecular weight is 1070 g/mol. The lowest BCUT2D eigenvalue weighted by Gasteiger charge is -2.18. The van der Waals surface area contributed by atoms with E-state index in [0.29, 0.717) is 12.8 Å². The molecule has 1 unspecified atom stereocenters. The molecule has 0 amide bonds. The van der Waals surface area contributed by atoms with Crippen LogP contribution in [0, 0.1) is 0 Å². The third-order valence-electron chi connectivity index (χ3n) is 13.1. The van der Waals surface area contributed by atoms with Crippen molar-refractivity contribution in [3.05, 3.63) is 134 Å². The highest BCUT2D eigenvalue weighted by atomic mass is 16.6. The molecular weight excluding hydrogens is 949 g/mol. The van der Waals surface area contributed by atoms with E-state index in [2.05, 4.69) is 154 Å². The summed E-state index contributed by atoms with van der Waals surface area (Å²) >= 11 is 0. The second-order valence-corrected chi connectivity index (χ2v) is 20.5. The zero-order valence-electron chi connectivity index (χ0n) is 49.9. The predicted molar refractivity (Wildman–Crippen MR) is 334 cm³/mol. The van der Waals surface area contributed by atoms with Crippen LogP contribution in [-0.2, 0) is 28.6 Å². The van der Waals surface area contributed by atoms with Crippen molar-refractivity contribution in [2.45, 2.75) is 284 Å². The summed E-state index contributed by atoms with van der Waals surface area (Å²) in [6.07, 6.45) is 90.2. The maximum Gasteiger partial charge on any atom is 0.306 e. The van der Waals surface area contributed by atoms with Crippen molar-refractivity contribution >= 4 is 17.9 Å². The number of carbonyl (C=O) groups is 3. The van der Waals surface area contributed by atoms with Gasteiger partial charge in [-0.25, -0.2) is 0 Å². The van der Waals surface area contributed by atoms with Crippen LogP contribution >= 0.6 is 0 Å². The van der Waals surface area contributed by atoms with Gasteiger partial charge in [0.1, 0.15) is 13.2 Å². The Bertz CT molecular complexity index is 1650. The van der Waals surface area contributed by atoms with Gasteiger partial charge in [0.25, 0.3) is 0 Å². The van der Waals surface area contributed by atoms with E-state index in [0.717, 1.165) is 148 Å². The number of carbonyl (C=O) groups excluding carboxylic acids is 3. The molecule has 0 aliphatic carbocycles. The number of rotatable bonds is 56. The van der Waals surface area contributed by atoms with E-state index in [4.69, 9.17) is 14.2 Å². The van der Waals surface area contributed by atoms with Crippen molar-refractivity contribution in [3.63, 3.8) is 0 Å². The van der Waals surface area contributed by atoms with Gasteiger partial charge in [-0.2, -0.15) is 0 Å². The summed E-state index contributed by atoms with van der Waals surface area (Å²) in [6, 6.07) is 0. The number of hydrogen-bond acceptors (Lipinski definition) is 6. The number of allylic oxidation sites excluding steroid dienone is 22. The fourth-order valence-corrected chi connectivity index (χ4v) is 8.43. The number of ether oxygens (including phenoxy) is 3. The van der Waals surface area contributed by atoms with Crippen LogP contribution in [0.3, 0.4) is 0 Å². The van der Waals surface area contributed by atoms with E-state index in [1.807, 2.05) is 0 Å². The van der Waals surface area contributed by atoms with E-state index < -0.39 is 6.10 Å². The van der Waals surface area contributed by atoms with Crippen LogP contribution in [0.2, 0.25) is 0 Å². The van der Waals surface area contributed by atoms with Crippen LogP contribution < -0.4 is 0 Å². The van der Waals surface area contributed by atoms with Crippen LogP contribution in [0.1, 0.15) is 278 Å². The third-order valence-corrected chi connectivity index (χ3v) is 13.1. The molecule has 1 atom stereocenters. The smallest absolute Gasteiger partial charge is 0.306 e. The molecule has 0 saturated carbocycles. The van der Waals surface area contributed by atoms with Crippen LogP contribution in [0.15, 0.2) is 134 Å². The Hall–Kier alpha value is -4.45. The Balaban J connectivity index is 4.50. The molecule has 0 aliphatic heterocycles. The van der Waals surface area contributed by atoms with E-state index >= 15 is 0 Å². The quantitative estimate of drug-likeness (QED) is 0.0261. The van der Waals surface area contributed by atoms with Gasteiger partial charge in [0.15, 0.2) is 6.10 Å². The molecular formula is C71H116O6. The highest BCUT2D eigenvalue weighted by molar-refractivity contribution is 5.71. The van der Waals surface area contributed by atoms with Gasteiger partial charge in [0.05, 0.1) is 0 Å². The fraction of sp³-hybridized carbons (Fsp3) is 0.648. The normalized spacial score (nSPS) is 13.0. The first-order valence-electron chi connectivity index (χ1n) is 31.7.